The number of nitrogens with one attached hydrogen (secondary N) is 1. The van der Waals surface area contributed by atoms with Crippen molar-refractivity contribution in [3.63, 3.8) is 0 Å². The Balaban J connectivity index is 1.78. The van der Waals surface area contributed by atoms with Gasteiger partial charge in [-0.3, -0.25) is 4.79 Å². The lowest BCUT2D eigenvalue weighted by atomic mass is 9.71. The van der Waals surface area contributed by atoms with Crippen molar-refractivity contribution in [3.05, 3.63) is 70.8 Å². The van der Waals surface area contributed by atoms with Gasteiger partial charge >= 0.3 is 5.97 Å². The Hall–Kier alpha value is -2.66. The van der Waals surface area contributed by atoms with Gasteiger partial charge < -0.3 is 15.2 Å². The number of hydrogen-bond acceptors (Lipinski definition) is 3. The van der Waals surface area contributed by atoms with Crippen molar-refractivity contribution in [1.82, 2.24) is 5.32 Å². The van der Waals surface area contributed by atoms with E-state index in [0.29, 0.717) is 32.6 Å². The summed E-state index contributed by atoms with van der Waals surface area (Å²) in [6.45, 7) is 3.53. The molecule has 26 heavy (non-hydrogen) atoms. The Kier molecular flexibility index (Phi) is 5.38. The van der Waals surface area contributed by atoms with Crippen molar-refractivity contribution in [1.29, 1.82) is 0 Å². The van der Waals surface area contributed by atoms with E-state index in [0.717, 1.165) is 16.7 Å². The number of amides is 1. The highest BCUT2D eigenvalue weighted by Gasteiger charge is 2.42. The maximum atomic E-state index is 13.2. The number of carbonyl (C=O) groups is 2. The lowest BCUT2D eigenvalue weighted by molar-refractivity contribution is -0.130. The smallest absolute Gasteiger partial charge is 0.335 e. The van der Waals surface area contributed by atoms with Crippen LogP contribution in [0.4, 0.5) is 0 Å². The van der Waals surface area contributed by atoms with Gasteiger partial charge in [0.2, 0.25) is 5.91 Å². The molecule has 2 N–H and O–H groups in total. The minimum atomic E-state index is -0.957. The van der Waals surface area contributed by atoms with Gasteiger partial charge in [-0.25, -0.2) is 4.79 Å². The van der Waals surface area contributed by atoms with E-state index in [2.05, 4.69) is 5.32 Å². The molecule has 0 aliphatic carbocycles. The second kappa shape index (κ2) is 7.70. The summed E-state index contributed by atoms with van der Waals surface area (Å²) in [5, 5.41) is 12.0. The van der Waals surface area contributed by atoms with E-state index in [1.54, 1.807) is 24.3 Å². The first-order valence-corrected chi connectivity index (χ1v) is 8.77. The molecule has 1 heterocycles. The predicted molar refractivity (Wildman–Crippen MR) is 98.2 cm³/mol. The van der Waals surface area contributed by atoms with Crippen LogP contribution >= 0.6 is 0 Å². The van der Waals surface area contributed by atoms with Crippen LogP contribution in [0.15, 0.2) is 48.5 Å². The van der Waals surface area contributed by atoms with Crippen molar-refractivity contribution in [2.45, 2.75) is 31.7 Å². The Labute approximate surface area is 153 Å². The van der Waals surface area contributed by atoms with E-state index in [9.17, 15) is 9.59 Å². The summed E-state index contributed by atoms with van der Waals surface area (Å²) in [4.78, 5) is 24.1. The van der Waals surface area contributed by atoms with Crippen LogP contribution < -0.4 is 5.32 Å². The number of aryl methyl sites for hydroxylation is 1. The first-order valence-electron chi connectivity index (χ1n) is 8.77. The lowest BCUT2D eigenvalue weighted by Gasteiger charge is -2.37. The lowest BCUT2D eigenvalue weighted by Crippen LogP contribution is -2.48. The van der Waals surface area contributed by atoms with Crippen LogP contribution in [-0.2, 0) is 21.5 Å². The Bertz CT molecular complexity index is 792. The molecule has 3 rings (SSSR count). The molecule has 1 fully saturated rings. The van der Waals surface area contributed by atoms with Gasteiger partial charge in [0.05, 0.1) is 11.0 Å². The molecule has 1 aliphatic heterocycles. The van der Waals surface area contributed by atoms with Crippen molar-refractivity contribution < 1.29 is 19.4 Å². The van der Waals surface area contributed by atoms with Crippen LogP contribution in [0.3, 0.4) is 0 Å². The summed E-state index contributed by atoms with van der Waals surface area (Å²) < 4.78 is 5.50. The first kappa shape index (κ1) is 18.1. The maximum Gasteiger partial charge on any atom is 0.335 e. The number of carbonyl (C=O) groups excluding carboxylic acids is 1. The molecule has 0 aromatic heterocycles. The van der Waals surface area contributed by atoms with Crippen LogP contribution in [0.2, 0.25) is 0 Å². The number of rotatable bonds is 5. The molecule has 1 amide bonds. The highest BCUT2D eigenvalue weighted by Crippen LogP contribution is 2.37. The molecule has 5 nitrogen and oxygen atoms in total. The van der Waals surface area contributed by atoms with Gasteiger partial charge in [-0.1, -0.05) is 36.4 Å². The molecule has 0 radical (unpaired) electrons. The van der Waals surface area contributed by atoms with Crippen LogP contribution in [0.1, 0.15) is 39.9 Å². The molecule has 0 atom stereocenters. The van der Waals surface area contributed by atoms with Crippen LogP contribution in [0, 0.1) is 6.92 Å². The molecule has 0 saturated carbocycles. The molecule has 2 aromatic rings. The molecule has 2 aromatic carbocycles. The standard InChI is InChI=1S/C21H23NO4/c1-15-4-2-3-5-18(15)21(10-12-26-13-11-21)20(25)22-14-16-6-8-17(9-7-16)19(23)24/h2-9H,10-14H2,1H3,(H,22,25)(H,23,24). The zero-order valence-corrected chi connectivity index (χ0v) is 14.8. The topological polar surface area (TPSA) is 75.6 Å². The van der Waals surface area contributed by atoms with Gasteiger partial charge in [-0.05, 0) is 48.6 Å². The van der Waals surface area contributed by atoms with Gasteiger partial charge in [0.15, 0.2) is 0 Å². The zero-order chi connectivity index (χ0) is 18.6. The number of ether oxygens (including phenoxy) is 1. The molecule has 136 valence electrons. The van der Waals surface area contributed by atoms with Crippen molar-refractivity contribution in [2.75, 3.05) is 13.2 Å². The summed E-state index contributed by atoms with van der Waals surface area (Å²) in [6, 6.07) is 14.6. The van der Waals surface area contributed by atoms with Gasteiger partial charge in [-0.15, -0.1) is 0 Å². The van der Waals surface area contributed by atoms with E-state index in [1.807, 2.05) is 31.2 Å². The second-order valence-corrected chi connectivity index (χ2v) is 6.69. The number of carboxylic acid groups (broad SMARTS) is 1. The second-order valence-electron chi connectivity index (χ2n) is 6.69. The first-order chi connectivity index (χ1) is 12.5. The number of benzene rings is 2. The highest BCUT2D eigenvalue weighted by molar-refractivity contribution is 5.89. The number of hydrogen-bond donors (Lipinski definition) is 2. The van der Waals surface area contributed by atoms with E-state index < -0.39 is 11.4 Å². The fraction of sp³-hybridized carbons (Fsp3) is 0.333. The van der Waals surface area contributed by atoms with Gasteiger partial charge in [0.1, 0.15) is 0 Å². The Morgan fingerprint density at radius 1 is 1.08 bits per heavy atom. The largest absolute Gasteiger partial charge is 0.478 e. The summed E-state index contributed by atoms with van der Waals surface area (Å²) >= 11 is 0. The molecule has 1 aliphatic rings. The zero-order valence-electron chi connectivity index (χ0n) is 14.8. The van der Waals surface area contributed by atoms with Crippen LogP contribution in [0.5, 0.6) is 0 Å². The quantitative estimate of drug-likeness (QED) is 0.866. The Morgan fingerprint density at radius 2 is 1.73 bits per heavy atom. The van der Waals surface area contributed by atoms with Crippen molar-refractivity contribution in [3.8, 4) is 0 Å². The monoisotopic (exact) mass is 353 g/mol. The van der Waals surface area contributed by atoms with Crippen molar-refractivity contribution >= 4 is 11.9 Å². The third-order valence-corrected chi connectivity index (χ3v) is 5.10. The normalized spacial score (nSPS) is 16.0. The Morgan fingerprint density at radius 3 is 2.35 bits per heavy atom. The fourth-order valence-electron chi connectivity index (χ4n) is 3.57. The molecule has 0 unspecified atom stereocenters. The van der Waals surface area contributed by atoms with Gasteiger partial charge in [0.25, 0.3) is 0 Å². The summed E-state index contributed by atoms with van der Waals surface area (Å²) in [6.07, 6.45) is 1.31. The average Bonchev–Trinajstić information content (AvgIpc) is 2.67. The van der Waals surface area contributed by atoms with E-state index in [1.165, 1.54) is 0 Å². The van der Waals surface area contributed by atoms with E-state index in [-0.39, 0.29) is 11.5 Å². The predicted octanol–water partition coefficient (Wildman–Crippen LogP) is 3.06. The van der Waals surface area contributed by atoms with E-state index in [4.69, 9.17) is 9.84 Å². The maximum absolute atomic E-state index is 13.2. The SMILES string of the molecule is Cc1ccccc1C1(C(=O)NCc2ccc(C(=O)O)cc2)CCOCC1. The summed E-state index contributed by atoms with van der Waals surface area (Å²) in [5.41, 5.74) is 2.69. The van der Waals surface area contributed by atoms with Crippen LogP contribution in [0.25, 0.3) is 0 Å². The van der Waals surface area contributed by atoms with Crippen LogP contribution in [-0.4, -0.2) is 30.2 Å². The minimum Gasteiger partial charge on any atom is -0.478 e. The number of aromatic carboxylic acids is 1. The van der Waals surface area contributed by atoms with E-state index >= 15 is 0 Å². The molecular formula is C21H23NO4. The molecule has 1 saturated heterocycles. The molecule has 0 bridgehead atoms. The van der Waals surface area contributed by atoms with Gasteiger partial charge in [-0.2, -0.15) is 0 Å². The summed E-state index contributed by atoms with van der Waals surface area (Å²) in [5.74, 6) is -0.960. The average molecular weight is 353 g/mol. The summed E-state index contributed by atoms with van der Waals surface area (Å²) in [7, 11) is 0. The highest BCUT2D eigenvalue weighted by atomic mass is 16.5. The molecule has 5 heteroatoms. The van der Waals surface area contributed by atoms with Crippen molar-refractivity contribution in [2.24, 2.45) is 0 Å². The number of carboxylic acids is 1. The molecular weight excluding hydrogens is 330 g/mol. The minimum absolute atomic E-state index is 0.00240. The molecule has 0 spiro atoms. The van der Waals surface area contributed by atoms with Gasteiger partial charge in [0, 0.05) is 19.8 Å². The fourth-order valence-corrected chi connectivity index (χ4v) is 3.57. The third kappa shape index (κ3) is 3.63. The third-order valence-electron chi connectivity index (χ3n) is 5.10.